The summed E-state index contributed by atoms with van der Waals surface area (Å²) in [5.74, 6) is 1.46. The smallest absolute Gasteiger partial charge is 0.223 e. The van der Waals surface area contributed by atoms with Crippen molar-refractivity contribution in [3.8, 4) is 0 Å². The van der Waals surface area contributed by atoms with E-state index in [0.29, 0.717) is 30.3 Å². The Bertz CT molecular complexity index is 674. The van der Waals surface area contributed by atoms with Crippen molar-refractivity contribution in [1.82, 2.24) is 9.80 Å². The summed E-state index contributed by atoms with van der Waals surface area (Å²) in [6, 6.07) is 12.2. The number of carbonyl (C=O) groups excluding carboxylic acids is 1. The van der Waals surface area contributed by atoms with Crippen molar-refractivity contribution in [1.29, 1.82) is 0 Å². The molecule has 3 saturated heterocycles. The molecule has 3 heterocycles. The van der Waals surface area contributed by atoms with E-state index in [0.717, 1.165) is 26.1 Å². The zero-order valence-corrected chi connectivity index (χ0v) is 17.5. The molecule has 4 rings (SSSR count). The van der Waals surface area contributed by atoms with Gasteiger partial charge in [-0.1, -0.05) is 50.6 Å². The van der Waals surface area contributed by atoms with Gasteiger partial charge in [0, 0.05) is 44.7 Å². The number of aliphatic hydroxyl groups is 1. The van der Waals surface area contributed by atoms with Crippen LogP contribution in [-0.2, 0) is 11.2 Å². The number of hydrogen-bond donors (Lipinski definition) is 1. The van der Waals surface area contributed by atoms with Crippen molar-refractivity contribution in [3.05, 3.63) is 35.9 Å². The Labute approximate surface area is 169 Å². The molecule has 2 bridgehead atoms. The lowest BCUT2D eigenvalue weighted by Gasteiger charge is -2.55. The number of hydrogen-bond acceptors (Lipinski definition) is 3. The molecule has 1 N–H and O–H groups in total. The Balaban J connectivity index is 1.43. The fraction of sp³-hybridized carbons (Fsp3) is 0.708. The molecule has 1 amide bonds. The van der Waals surface area contributed by atoms with Crippen LogP contribution in [0.3, 0.4) is 0 Å². The van der Waals surface area contributed by atoms with Gasteiger partial charge in [-0.15, -0.1) is 0 Å². The lowest BCUT2D eigenvalue weighted by molar-refractivity contribution is -0.141. The van der Waals surface area contributed by atoms with Crippen molar-refractivity contribution in [3.63, 3.8) is 0 Å². The van der Waals surface area contributed by atoms with Crippen molar-refractivity contribution in [2.45, 2.75) is 64.5 Å². The Morgan fingerprint density at radius 3 is 2.68 bits per heavy atom. The molecule has 4 atom stereocenters. The first-order valence-corrected chi connectivity index (χ1v) is 11.1. The molecule has 4 nitrogen and oxygen atoms in total. The zero-order valence-electron chi connectivity index (χ0n) is 17.5. The predicted octanol–water partition coefficient (Wildman–Crippen LogP) is 3.34. The first-order valence-electron chi connectivity index (χ1n) is 11.1. The number of amides is 1. The van der Waals surface area contributed by atoms with Crippen LogP contribution in [0.4, 0.5) is 0 Å². The van der Waals surface area contributed by atoms with Gasteiger partial charge < -0.3 is 10.0 Å². The Morgan fingerprint density at radius 2 is 1.93 bits per heavy atom. The number of likely N-dealkylation sites (tertiary alicyclic amines) is 1. The van der Waals surface area contributed by atoms with Crippen molar-refractivity contribution in [2.75, 3.05) is 26.2 Å². The molecule has 154 valence electrons. The van der Waals surface area contributed by atoms with Crippen LogP contribution < -0.4 is 0 Å². The minimum Gasteiger partial charge on any atom is -0.396 e. The maximum absolute atomic E-state index is 12.9. The van der Waals surface area contributed by atoms with E-state index >= 15 is 0 Å². The van der Waals surface area contributed by atoms with E-state index < -0.39 is 0 Å². The third-order valence-corrected chi connectivity index (χ3v) is 7.24. The molecule has 3 fully saturated rings. The summed E-state index contributed by atoms with van der Waals surface area (Å²) < 4.78 is 0. The zero-order chi connectivity index (χ0) is 19.7. The second kappa shape index (κ2) is 8.16. The van der Waals surface area contributed by atoms with E-state index in [4.69, 9.17) is 0 Å². The number of piperidine rings is 3. The van der Waals surface area contributed by atoms with Gasteiger partial charge in [0.05, 0.1) is 0 Å². The molecule has 0 spiro atoms. The number of rotatable bonds is 5. The average molecular weight is 385 g/mol. The molecule has 0 saturated carbocycles. The van der Waals surface area contributed by atoms with Gasteiger partial charge in [-0.25, -0.2) is 0 Å². The standard InChI is InChI=1S/C24H36N2O2/c1-24(2,17-27)13-23(28)25-14-19-11-20(16-25)22-10-6-9-21(26(22)15-19)12-18-7-4-3-5-8-18/h3-5,7-8,19-22,27H,6,9-17H2,1-2H3/t19-,20+,21+,22-/m0/s1. The van der Waals surface area contributed by atoms with Crippen LogP contribution in [0.2, 0.25) is 0 Å². The van der Waals surface area contributed by atoms with E-state index in [1.165, 1.54) is 31.2 Å². The Kier molecular flexibility index (Phi) is 5.80. The fourth-order valence-electron chi connectivity index (χ4n) is 5.80. The van der Waals surface area contributed by atoms with Crippen LogP contribution in [0.1, 0.15) is 51.5 Å². The molecule has 0 radical (unpaired) electrons. The molecule has 1 aromatic rings. The third-order valence-electron chi connectivity index (χ3n) is 7.24. The van der Waals surface area contributed by atoms with E-state index in [-0.39, 0.29) is 17.9 Å². The third kappa shape index (κ3) is 4.28. The second-order valence-corrected chi connectivity index (χ2v) is 10.2. The van der Waals surface area contributed by atoms with E-state index in [2.05, 4.69) is 40.1 Å². The largest absolute Gasteiger partial charge is 0.396 e. The summed E-state index contributed by atoms with van der Waals surface area (Å²) in [7, 11) is 0. The lowest BCUT2D eigenvalue weighted by atomic mass is 9.74. The number of fused-ring (bicyclic) bond motifs is 4. The lowest BCUT2D eigenvalue weighted by Crippen LogP contribution is -2.62. The van der Waals surface area contributed by atoms with Gasteiger partial charge >= 0.3 is 0 Å². The summed E-state index contributed by atoms with van der Waals surface area (Å²) in [5, 5.41) is 9.53. The van der Waals surface area contributed by atoms with Gasteiger partial charge in [0.1, 0.15) is 0 Å². The SMILES string of the molecule is CC(C)(CO)CC(=O)N1C[C@@H]2C[C@H](C1)[C@@H]1CCC[C@H](Cc3ccccc3)N1C2. The summed E-state index contributed by atoms with van der Waals surface area (Å²) in [4.78, 5) is 17.8. The van der Waals surface area contributed by atoms with Gasteiger partial charge in [-0.3, -0.25) is 9.69 Å². The maximum atomic E-state index is 12.9. The summed E-state index contributed by atoms with van der Waals surface area (Å²) in [5.41, 5.74) is 1.13. The first-order chi connectivity index (χ1) is 13.4. The molecular weight excluding hydrogens is 348 g/mol. The summed E-state index contributed by atoms with van der Waals surface area (Å²) in [6.07, 6.45) is 6.79. The normalized spacial score (nSPS) is 30.8. The van der Waals surface area contributed by atoms with E-state index in [9.17, 15) is 9.90 Å². The molecule has 0 unspecified atom stereocenters. The van der Waals surface area contributed by atoms with E-state index in [1.807, 2.05) is 13.8 Å². The number of aliphatic hydroxyl groups excluding tert-OH is 1. The Morgan fingerprint density at radius 1 is 1.14 bits per heavy atom. The maximum Gasteiger partial charge on any atom is 0.223 e. The van der Waals surface area contributed by atoms with Gasteiger partial charge in [-0.2, -0.15) is 0 Å². The number of carbonyl (C=O) groups is 1. The molecule has 28 heavy (non-hydrogen) atoms. The Hall–Kier alpha value is -1.39. The van der Waals surface area contributed by atoms with Crippen molar-refractivity contribution < 1.29 is 9.90 Å². The molecule has 4 heteroatoms. The van der Waals surface area contributed by atoms with Crippen molar-refractivity contribution >= 4 is 5.91 Å². The highest BCUT2D eigenvalue weighted by molar-refractivity contribution is 5.77. The monoisotopic (exact) mass is 384 g/mol. The minimum atomic E-state index is -0.318. The minimum absolute atomic E-state index is 0.0665. The summed E-state index contributed by atoms with van der Waals surface area (Å²) >= 11 is 0. The number of nitrogens with zero attached hydrogens (tertiary/aromatic N) is 2. The van der Waals surface area contributed by atoms with Gasteiger partial charge in [-0.05, 0) is 48.5 Å². The molecule has 0 aromatic heterocycles. The average Bonchev–Trinajstić information content (AvgIpc) is 2.69. The van der Waals surface area contributed by atoms with Gasteiger partial charge in [0.2, 0.25) is 5.91 Å². The fourth-order valence-corrected chi connectivity index (χ4v) is 5.80. The highest BCUT2D eigenvalue weighted by atomic mass is 16.3. The number of benzene rings is 1. The van der Waals surface area contributed by atoms with E-state index in [1.54, 1.807) is 0 Å². The molecular formula is C24H36N2O2. The molecule has 1 aromatic carbocycles. The predicted molar refractivity (Wildman–Crippen MR) is 112 cm³/mol. The highest BCUT2D eigenvalue weighted by Crippen LogP contribution is 2.40. The molecule has 0 aliphatic carbocycles. The van der Waals surface area contributed by atoms with Crippen LogP contribution in [0, 0.1) is 17.3 Å². The highest BCUT2D eigenvalue weighted by Gasteiger charge is 2.45. The van der Waals surface area contributed by atoms with Crippen LogP contribution in [0.5, 0.6) is 0 Å². The van der Waals surface area contributed by atoms with Crippen LogP contribution >= 0.6 is 0 Å². The molecule has 3 aliphatic heterocycles. The van der Waals surface area contributed by atoms with Gasteiger partial charge in [0.25, 0.3) is 0 Å². The van der Waals surface area contributed by atoms with Crippen molar-refractivity contribution in [2.24, 2.45) is 17.3 Å². The topological polar surface area (TPSA) is 43.8 Å². The van der Waals surface area contributed by atoms with Crippen LogP contribution in [0.25, 0.3) is 0 Å². The quantitative estimate of drug-likeness (QED) is 0.847. The molecule has 3 aliphatic rings. The first kappa shape index (κ1) is 19.9. The second-order valence-electron chi connectivity index (χ2n) is 10.2. The summed E-state index contributed by atoms with van der Waals surface area (Å²) in [6.45, 7) is 6.98. The van der Waals surface area contributed by atoms with Crippen LogP contribution in [-0.4, -0.2) is 59.1 Å². The van der Waals surface area contributed by atoms with Crippen LogP contribution in [0.15, 0.2) is 30.3 Å². The van der Waals surface area contributed by atoms with Gasteiger partial charge in [0.15, 0.2) is 0 Å².